The van der Waals surface area contributed by atoms with E-state index in [0.29, 0.717) is 46.4 Å². The number of aromatic nitrogens is 1. The van der Waals surface area contributed by atoms with Crippen molar-refractivity contribution in [2.24, 2.45) is 5.92 Å². The maximum absolute atomic E-state index is 13.4. The van der Waals surface area contributed by atoms with Crippen molar-refractivity contribution in [3.63, 3.8) is 0 Å². The van der Waals surface area contributed by atoms with Crippen LogP contribution in [0, 0.1) is 5.92 Å². The summed E-state index contributed by atoms with van der Waals surface area (Å²) in [5, 5.41) is 6.33. The molecule has 2 aromatic rings. The molecule has 0 radical (unpaired) electrons. The van der Waals surface area contributed by atoms with Gasteiger partial charge in [0, 0.05) is 36.4 Å². The van der Waals surface area contributed by atoms with Crippen molar-refractivity contribution in [1.29, 1.82) is 0 Å². The molecule has 0 saturated carbocycles. The summed E-state index contributed by atoms with van der Waals surface area (Å²) in [5.74, 6) is 0.854. The Morgan fingerprint density at radius 3 is 2.63 bits per heavy atom. The number of hydrogen-bond acceptors (Lipinski definition) is 5. The van der Waals surface area contributed by atoms with Crippen molar-refractivity contribution >= 4 is 40.7 Å². The molecule has 1 aromatic carbocycles. The van der Waals surface area contributed by atoms with Crippen molar-refractivity contribution in [2.45, 2.75) is 65.5 Å². The maximum Gasteiger partial charge on any atom is 0.327 e. The molecule has 38 heavy (non-hydrogen) atoms. The number of piperidine rings is 1. The number of fused-ring (bicyclic) bond motifs is 2. The molecule has 0 spiro atoms. The van der Waals surface area contributed by atoms with Crippen molar-refractivity contribution in [3.05, 3.63) is 47.1 Å². The van der Waals surface area contributed by atoms with Gasteiger partial charge in [0.05, 0.1) is 16.9 Å². The topological polar surface area (TPSA) is 80.8 Å². The highest BCUT2D eigenvalue weighted by atomic mass is 35.5. The Morgan fingerprint density at radius 2 is 1.92 bits per heavy atom. The predicted octanol–water partition coefficient (Wildman–Crippen LogP) is 5.76. The van der Waals surface area contributed by atoms with Gasteiger partial charge in [0.15, 0.2) is 5.82 Å². The first kappa shape index (κ1) is 28.3. The number of pyridine rings is 1. The highest BCUT2D eigenvalue weighted by molar-refractivity contribution is 6.31. The molecular formula is C29H41ClN6O2. The second-order valence-corrected chi connectivity index (χ2v) is 11.3. The lowest BCUT2D eigenvalue weighted by Crippen LogP contribution is -2.43. The third-order valence-corrected chi connectivity index (χ3v) is 7.90. The highest BCUT2D eigenvalue weighted by Gasteiger charge is 2.31. The lowest BCUT2D eigenvalue weighted by Gasteiger charge is -2.34. The molecule has 0 atom stereocenters. The zero-order valence-electron chi connectivity index (χ0n) is 23.0. The quantitative estimate of drug-likeness (QED) is 0.422. The Kier molecular flexibility index (Phi) is 9.63. The average Bonchev–Trinajstić information content (AvgIpc) is 3.00. The minimum absolute atomic E-state index is 0.301. The van der Waals surface area contributed by atoms with E-state index in [1.165, 1.54) is 37.1 Å². The molecule has 3 heterocycles. The molecule has 8 nitrogen and oxygen atoms in total. The minimum Gasteiger partial charge on any atom is -0.336 e. The van der Waals surface area contributed by atoms with E-state index >= 15 is 0 Å². The van der Waals surface area contributed by atoms with Crippen LogP contribution in [-0.4, -0.2) is 71.5 Å². The molecule has 1 saturated heterocycles. The molecule has 0 aliphatic carbocycles. The van der Waals surface area contributed by atoms with Crippen LogP contribution < -0.4 is 15.5 Å². The van der Waals surface area contributed by atoms with Crippen LogP contribution in [0.4, 0.5) is 22.0 Å². The predicted molar refractivity (Wildman–Crippen MR) is 155 cm³/mol. The zero-order chi connectivity index (χ0) is 27.2. The summed E-state index contributed by atoms with van der Waals surface area (Å²) >= 11 is 6.25. The number of hydrogen-bond donors (Lipinski definition) is 2. The van der Waals surface area contributed by atoms with Crippen LogP contribution in [0.25, 0.3) is 0 Å². The first-order valence-corrected chi connectivity index (χ1v) is 14.2. The van der Waals surface area contributed by atoms with Gasteiger partial charge in [-0.25, -0.2) is 14.7 Å². The average molecular weight is 541 g/mol. The number of benzene rings is 1. The second-order valence-electron chi connectivity index (χ2n) is 10.9. The largest absolute Gasteiger partial charge is 0.336 e. The first-order valence-electron chi connectivity index (χ1n) is 13.9. The van der Waals surface area contributed by atoms with Crippen molar-refractivity contribution in [1.82, 2.24) is 20.1 Å². The number of anilines is 3. The number of rotatable bonds is 9. The van der Waals surface area contributed by atoms with Crippen LogP contribution in [0.5, 0.6) is 0 Å². The van der Waals surface area contributed by atoms with E-state index in [2.05, 4.69) is 53.1 Å². The molecule has 0 unspecified atom stereocenters. The van der Waals surface area contributed by atoms with E-state index < -0.39 is 0 Å². The fourth-order valence-corrected chi connectivity index (χ4v) is 5.80. The van der Waals surface area contributed by atoms with Crippen molar-refractivity contribution in [2.75, 3.05) is 42.9 Å². The van der Waals surface area contributed by atoms with E-state index in [1.54, 1.807) is 36.5 Å². The van der Waals surface area contributed by atoms with Crippen LogP contribution in [0.3, 0.4) is 0 Å². The zero-order valence-corrected chi connectivity index (χ0v) is 23.8. The highest BCUT2D eigenvalue weighted by Crippen LogP contribution is 2.37. The van der Waals surface area contributed by atoms with Crippen molar-refractivity contribution < 1.29 is 9.59 Å². The van der Waals surface area contributed by atoms with Gasteiger partial charge in [0.1, 0.15) is 0 Å². The minimum atomic E-state index is -0.334. The lowest BCUT2D eigenvalue weighted by atomic mass is 9.92. The van der Waals surface area contributed by atoms with Gasteiger partial charge in [-0.05, 0) is 109 Å². The van der Waals surface area contributed by atoms with E-state index in [-0.39, 0.29) is 11.9 Å². The third-order valence-electron chi connectivity index (χ3n) is 7.66. The molecule has 0 bridgehead atoms. The van der Waals surface area contributed by atoms with Gasteiger partial charge in [0.25, 0.3) is 5.91 Å². The Hall–Kier alpha value is -2.68. The van der Waals surface area contributed by atoms with Crippen LogP contribution in [0.2, 0.25) is 5.02 Å². The fraction of sp³-hybridized carbons (Fsp3) is 0.552. The summed E-state index contributed by atoms with van der Waals surface area (Å²) in [5.41, 5.74) is 1.26. The molecule has 4 rings (SSSR count). The van der Waals surface area contributed by atoms with Crippen LogP contribution in [0.1, 0.15) is 63.7 Å². The number of likely N-dealkylation sites (tertiary alicyclic amines) is 1. The number of halogens is 1. The number of urea groups is 1. The number of nitrogens with one attached hydrogen (secondary N) is 2. The molecule has 1 fully saturated rings. The fourth-order valence-electron chi connectivity index (χ4n) is 5.64. The molecule has 2 aliphatic rings. The summed E-state index contributed by atoms with van der Waals surface area (Å²) in [6.07, 6.45) is 6.57. The molecule has 206 valence electrons. The summed E-state index contributed by atoms with van der Waals surface area (Å²) in [4.78, 5) is 37.1. The van der Waals surface area contributed by atoms with E-state index in [9.17, 15) is 9.59 Å². The number of amides is 3. The Morgan fingerprint density at radius 1 is 1.18 bits per heavy atom. The molecule has 9 heteroatoms. The summed E-state index contributed by atoms with van der Waals surface area (Å²) in [7, 11) is 0. The SMILES string of the molecule is CC(C)N(CCCC1CCN(CCNC(=O)N2c3cc(Cl)ccc3C(=O)Nc3cccnc32)CC1)C(C)C. The third kappa shape index (κ3) is 6.84. The van der Waals surface area contributed by atoms with Gasteiger partial charge < -0.3 is 15.5 Å². The van der Waals surface area contributed by atoms with E-state index in [1.807, 2.05) is 0 Å². The summed E-state index contributed by atoms with van der Waals surface area (Å²) < 4.78 is 0. The Balaban J connectivity index is 1.29. The van der Waals surface area contributed by atoms with Gasteiger partial charge in [-0.1, -0.05) is 11.6 Å². The number of nitrogens with zero attached hydrogens (tertiary/aromatic N) is 4. The van der Waals surface area contributed by atoms with E-state index in [0.717, 1.165) is 25.6 Å². The van der Waals surface area contributed by atoms with Crippen LogP contribution >= 0.6 is 11.6 Å². The van der Waals surface area contributed by atoms with Crippen molar-refractivity contribution in [3.8, 4) is 0 Å². The Labute approximate surface area is 231 Å². The van der Waals surface area contributed by atoms with Gasteiger partial charge >= 0.3 is 6.03 Å². The van der Waals surface area contributed by atoms with E-state index in [4.69, 9.17) is 11.6 Å². The smallest absolute Gasteiger partial charge is 0.327 e. The summed E-state index contributed by atoms with van der Waals surface area (Å²) in [6.45, 7) is 13.7. The number of carbonyl (C=O) groups excluding carboxylic acids is 2. The normalized spacial score (nSPS) is 16.4. The second kappa shape index (κ2) is 12.9. The Bertz CT molecular complexity index is 1110. The van der Waals surface area contributed by atoms with Crippen LogP contribution in [0.15, 0.2) is 36.5 Å². The van der Waals surface area contributed by atoms with Crippen LogP contribution in [-0.2, 0) is 0 Å². The first-order chi connectivity index (χ1) is 18.2. The molecule has 1 aromatic heterocycles. The monoisotopic (exact) mass is 540 g/mol. The molecular weight excluding hydrogens is 500 g/mol. The van der Waals surface area contributed by atoms with Gasteiger partial charge in [-0.3, -0.25) is 9.69 Å². The number of carbonyl (C=O) groups is 2. The summed E-state index contributed by atoms with van der Waals surface area (Å²) in [6, 6.07) is 9.22. The molecule has 2 N–H and O–H groups in total. The molecule has 3 amide bonds. The molecule has 2 aliphatic heterocycles. The standard InChI is InChI=1S/C29H41ClN6O2/c1-20(2)35(21(3)4)15-6-7-22-11-16-34(17-12-22)18-14-32-29(38)36-26-19-23(30)9-10-24(26)28(37)33-25-8-5-13-31-27(25)36/h5,8-10,13,19-22H,6-7,11-12,14-18H2,1-4H3,(H,32,38)(H,33,37). The van der Waals surface area contributed by atoms with Gasteiger partial charge in [-0.2, -0.15) is 0 Å². The maximum atomic E-state index is 13.4. The van der Waals surface area contributed by atoms with Gasteiger partial charge in [-0.15, -0.1) is 0 Å². The van der Waals surface area contributed by atoms with Gasteiger partial charge in [0.2, 0.25) is 0 Å². The lowest BCUT2D eigenvalue weighted by molar-refractivity contribution is 0.102.